The number of piperidine rings is 1. The molecule has 5 aliphatic rings. The summed E-state index contributed by atoms with van der Waals surface area (Å²) in [7, 11) is 0. The topological polar surface area (TPSA) is 168 Å². The van der Waals surface area contributed by atoms with Crippen LogP contribution >= 0.6 is 0 Å². The number of imide groups is 1. The van der Waals surface area contributed by atoms with Crippen LogP contribution < -0.4 is 15.6 Å². The van der Waals surface area contributed by atoms with Gasteiger partial charge in [-0.15, -0.1) is 6.58 Å². The number of carboxylic acids is 1. The van der Waals surface area contributed by atoms with Crippen LogP contribution in [0.3, 0.4) is 0 Å². The molecule has 2 bridgehead atoms. The Morgan fingerprint density at radius 1 is 1.13 bits per heavy atom. The molecule has 0 radical (unpaired) electrons. The number of Topliss-reactive ketones (excluding diaryl/α,β-unsaturated/α-hetero) is 1. The number of carbonyl (C=O) groups is 4. The summed E-state index contributed by atoms with van der Waals surface area (Å²) in [6.45, 7) is 12.4. The fourth-order valence-corrected chi connectivity index (χ4v) is 10.5. The maximum Gasteiger partial charge on any atom is 0.414 e. The lowest BCUT2D eigenvalue weighted by Crippen LogP contribution is -2.63. The summed E-state index contributed by atoms with van der Waals surface area (Å²) in [5.41, 5.74) is -3.54. The molecule has 286 valence electrons. The molecule has 2 amide bonds. The van der Waals surface area contributed by atoms with Gasteiger partial charge in [-0.25, -0.2) is 23.4 Å². The van der Waals surface area contributed by atoms with Gasteiger partial charge in [0.05, 0.1) is 17.5 Å². The van der Waals surface area contributed by atoms with Gasteiger partial charge in [-0.05, 0) is 61.8 Å². The van der Waals surface area contributed by atoms with E-state index in [-0.39, 0.29) is 73.2 Å². The number of nitrogens with zero attached hydrogens (tertiary/aromatic N) is 3. The van der Waals surface area contributed by atoms with Crippen molar-refractivity contribution in [2.45, 2.75) is 103 Å². The molecule has 2 unspecified atom stereocenters. The predicted octanol–water partition coefficient (Wildman–Crippen LogP) is 5.35. The number of hydrogen-bond donors (Lipinski definition) is 3. The lowest BCUT2D eigenvalue weighted by molar-refractivity contribution is -0.191. The number of aliphatic hydroxyl groups excluding tert-OH is 1. The molecule has 4 saturated carbocycles. The first kappa shape index (κ1) is 37.1. The summed E-state index contributed by atoms with van der Waals surface area (Å²) in [5, 5.41) is 23.4. The highest BCUT2D eigenvalue weighted by Crippen LogP contribution is 2.68. The Hall–Kier alpha value is -4.20. The van der Waals surface area contributed by atoms with Crippen molar-refractivity contribution in [3.63, 3.8) is 0 Å². The van der Waals surface area contributed by atoms with E-state index in [2.05, 4.69) is 23.8 Å². The van der Waals surface area contributed by atoms with Crippen LogP contribution in [0.1, 0.15) is 95.5 Å². The van der Waals surface area contributed by atoms with Crippen molar-refractivity contribution in [2.75, 3.05) is 18.0 Å². The lowest BCUT2D eigenvalue weighted by atomic mass is 9.44. The summed E-state index contributed by atoms with van der Waals surface area (Å²) >= 11 is 0. The van der Waals surface area contributed by atoms with Crippen molar-refractivity contribution >= 4 is 40.6 Å². The fraction of sp³-hybridized carbons (Fsp3) is 0.641. The standard InChI is InChI=1S/C39H48F2N4O8/c1-6-37(4)17-28(38(5)19(2)7-11-39(20(3)31(37)48)12-8-27(46)30(38)39)53-36(52)43-34(49)21-9-13-44(14-10-21)33-25(41)15-22-29(47)23(35(50)51)18-45(32(22)42-33)26-16-24(26)40/h6,15,18-21,24,26,28,30-31,48H,1,7-14,16-17H2,2-5H3,(H,50,51)(H,43,49,52)/t19-,20+,24+,26-,28-,30?,31+,37-,38+,39?/m1/s1. The summed E-state index contributed by atoms with van der Waals surface area (Å²) in [5.74, 6) is -4.08. The number of hydrogen-bond acceptors (Lipinski definition) is 9. The molecule has 3 N–H and O–H groups in total. The van der Waals surface area contributed by atoms with Gasteiger partial charge in [0.25, 0.3) is 0 Å². The zero-order chi connectivity index (χ0) is 38.4. The van der Waals surface area contributed by atoms with Crippen LogP contribution in [0.5, 0.6) is 0 Å². The molecule has 3 heterocycles. The second kappa shape index (κ2) is 13.0. The largest absolute Gasteiger partial charge is 0.477 e. The molecule has 2 aromatic heterocycles. The van der Waals surface area contributed by atoms with Crippen molar-refractivity contribution in [3.8, 4) is 0 Å². The zero-order valence-electron chi connectivity index (χ0n) is 30.6. The number of rotatable bonds is 6. The molecule has 0 spiro atoms. The fourth-order valence-electron chi connectivity index (χ4n) is 10.5. The number of aliphatic hydroxyl groups is 1. The Morgan fingerprint density at radius 3 is 2.43 bits per heavy atom. The van der Waals surface area contributed by atoms with Gasteiger partial charge in [0.15, 0.2) is 11.6 Å². The van der Waals surface area contributed by atoms with Gasteiger partial charge in [-0.3, -0.25) is 19.7 Å². The van der Waals surface area contributed by atoms with Crippen molar-refractivity contribution < 1.29 is 42.9 Å². The summed E-state index contributed by atoms with van der Waals surface area (Å²) < 4.78 is 37.0. The minimum Gasteiger partial charge on any atom is -0.477 e. The Morgan fingerprint density at radius 2 is 1.81 bits per heavy atom. The predicted molar refractivity (Wildman–Crippen MR) is 190 cm³/mol. The van der Waals surface area contributed by atoms with Gasteiger partial charge in [-0.1, -0.05) is 33.8 Å². The van der Waals surface area contributed by atoms with E-state index in [1.165, 1.54) is 4.57 Å². The number of ether oxygens (including phenoxy) is 1. The average molecular weight is 739 g/mol. The molecule has 7 rings (SSSR count). The molecular formula is C39H48F2N4O8. The summed E-state index contributed by atoms with van der Waals surface area (Å²) in [6.07, 6.45) is 2.45. The van der Waals surface area contributed by atoms with E-state index in [0.29, 0.717) is 12.8 Å². The van der Waals surface area contributed by atoms with E-state index in [0.717, 1.165) is 25.1 Å². The van der Waals surface area contributed by atoms with Gasteiger partial charge in [0, 0.05) is 54.8 Å². The number of amides is 2. The quantitative estimate of drug-likeness (QED) is 0.329. The highest BCUT2D eigenvalue weighted by Gasteiger charge is 2.68. The molecule has 14 heteroatoms. The zero-order valence-corrected chi connectivity index (χ0v) is 30.6. The average Bonchev–Trinajstić information content (AvgIpc) is 3.75. The van der Waals surface area contributed by atoms with E-state index < -0.39 is 87.3 Å². The van der Waals surface area contributed by atoms with Crippen LogP contribution in [0, 0.1) is 45.7 Å². The third-order valence-corrected chi connectivity index (χ3v) is 14.1. The van der Waals surface area contributed by atoms with Gasteiger partial charge in [-0.2, -0.15) is 0 Å². The van der Waals surface area contributed by atoms with Crippen molar-refractivity contribution in [2.24, 2.45) is 39.9 Å². The van der Waals surface area contributed by atoms with Crippen LogP contribution in [0.25, 0.3) is 11.0 Å². The number of fused-ring (bicyclic) bond motifs is 1. The number of alkyl halides is 1. The first-order valence-electron chi connectivity index (χ1n) is 18.7. The number of anilines is 1. The molecule has 2 aromatic rings. The smallest absolute Gasteiger partial charge is 0.414 e. The SMILES string of the molecule is C=C[C@]1(C)C[C@@H](OC(=O)NC(=O)C2CCN(c3nc4c(cc3F)c(=O)c(C(=O)O)cn4[C@@H]3C[C@@H]3F)CC2)[C@@]2(C)C3C(=O)CCC3(CC[C@H]2C)[C@@H](C)[C@@H]1O. The number of halogens is 2. The van der Waals surface area contributed by atoms with Gasteiger partial charge in [0.2, 0.25) is 11.3 Å². The Balaban J connectivity index is 1.07. The maximum absolute atomic E-state index is 15.5. The van der Waals surface area contributed by atoms with E-state index in [9.17, 15) is 38.6 Å². The number of nitrogens with one attached hydrogen (secondary N) is 1. The molecule has 53 heavy (non-hydrogen) atoms. The second-order valence-electron chi connectivity index (χ2n) is 16.8. The third kappa shape index (κ3) is 5.77. The normalized spacial score (nSPS) is 37.0. The molecule has 12 nitrogen and oxygen atoms in total. The second-order valence-corrected chi connectivity index (χ2v) is 16.8. The van der Waals surface area contributed by atoms with Gasteiger partial charge < -0.3 is 24.4 Å². The number of carboxylic acid groups (broad SMARTS) is 1. The van der Waals surface area contributed by atoms with Crippen molar-refractivity contribution in [3.05, 3.63) is 46.5 Å². The number of aromatic nitrogens is 2. The van der Waals surface area contributed by atoms with Crippen LogP contribution in [0.4, 0.5) is 19.4 Å². The molecule has 0 aromatic carbocycles. The molecule has 1 aliphatic heterocycles. The summed E-state index contributed by atoms with van der Waals surface area (Å²) in [4.78, 5) is 71.2. The highest BCUT2D eigenvalue weighted by molar-refractivity contribution is 5.94. The minimum atomic E-state index is -1.51. The molecule has 4 aliphatic carbocycles. The van der Waals surface area contributed by atoms with Crippen LogP contribution in [0.15, 0.2) is 29.7 Å². The van der Waals surface area contributed by atoms with E-state index >= 15 is 4.39 Å². The Kier molecular flexibility index (Phi) is 9.10. The number of alkyl carbamates (subject to hydrolysis) is 1. The summed E-state index contributed by atoms with van der Waals surface area (Å²) in [6, 6.07) is 0.208. The number of pyridine rings is 2. The molecular weight excluding hydrogens is 690 g/mol. The van der Waals surface area contributed by atoms with Crippen LogP contribution in [-0.4, -0.2) is 75.0 Å². The highest BCUT2D eigenvalue weighted by atomic mass is 19.1. The minimum absolute atomic E-state index is 0.0227. The maximum atomic E-state index is 15.5. The molecule has 5 fully saturated rings. The first-order chi connectivity index (χ1) is 25.0. The van der Waals surface area contributed by atoms with Crippen molar-refractivity contribution in [1.82, 2.24) is 14.9 Å². The number of aromatic carboxylic acids is 1. The molecule has 10 atom stereocenters. The number of ketones is 1. The van der Waals surface area contributed by atoms with E-state index in [1.54, 1.807) is 11.0 Å². The van der Waals surface area contributed by atoms with Crippen LogP contribution in [-0.2, 0) is 14.3 Å². The van der Waals surface area contributed by atoms with E-state index in [4.69, 9.17) is 4.74 Å². The first-order valence-corrected chi connectivity index (χ1v) is 18.7. The Labute approximate surface area is 306 Å². The van der Waals surface area contributed by atoms with Crippen LogP contribution in [0.2, 0.25) is 0 Å². The monoisotopic (exact) mass is 738 g/mol. The Bertz CT molecular complexity index is 1960. The number of carbonyl (C=O) groups excluding carboxylic acids is 3. The van der Waals surface area contributed by atoms with Gasteiger partial charge in [0.1, 0.15) is 29.3 Å². The van der Waals surface area contributed by atoms with Gasteiger partial charge >= 0.3 is 12.1 Å². The van der Waals surface area contributed by atoms with E-state index in [1.807, 2.05) is 20.8 Å². The van der Waals surface area contributed by atoms with Crippen molar-refractivity contribution in [1.29, 1.82) is 0 Å². The lowest BCUT2D eigenvalue weighted by Gasteiger charge is -2.61. The molecule has 1 saturated heterocycles. The third-order valence-electron chi connectivity index (χ3n) is 14.1.